The van der Waals surface area contributed by atoms with Crippen molar-refractivity contribution in [3.8, 4) is 0 Å². The average Bonchev–Trinajstić information content (AvgIpc) is 2.52. The maximum Gasteiger partial charge on any atom is 0.0894 e. The fourth-order valence-electron chi connectivity index (χ4n) is 2.38. The van der Waals surface area contributed by atoms with Crippen LogP contribution in [0.1, 0.15) is 78.1 Å². The summed E-state index contributed by atoms with van der Waals surface area (Å²) in [6, 6.07) is -0.578. The Morgan fingerprint density at radius 1 is 1.05 bits per heavy atom. The van der Waals surface area contributed by atoms with Gasteiger partial charge in [-0.05, 0) is 32.6 Å². The molecule has 0 aromatic heterocycles. The molecule has 0 radical (unpaired) electrons. The van der Waals surface area contributed by atoms with Crippen molar-refractivity contribution in [3.05, 3.63) is 23.8 Å². The second kappa shape index (κ2) is 15.3. The monoisotopic (exact) mass is 311 g/mol. The van der Waals surface area contributed by atoms with Gasteiger partial charge in [-0.15, -0.1) is 0 Å². The molecule has 0 saturated carbocycles. The van der Waals surface area contributed by atoms with Gasteiger partial charge >= 0.3 is 0 Å². The fraction of sp³-hybridized carbons (Fsp3) is 0.789. The van der Waals surface area contributed by atoms with Gasteiger partial charge in [0.25, 0.3) is 0 Å². The van der Waals surface area contributed by atoms with E-state index in [9.17, 15) is 5.11 Å². The summed E-state index contributed by atoms with van der Waals surface area (Å²) in [5.74, 6) is 0. The molecule has 22 heavy (non-hydrogen) atoms. The Balaban J connectivity index is 3.58. The molecule has 0 aromatic carbocycles. The largest absolute Gasteiger partial charge is 0.395 e. The molecule has 0 aliphatic heterocycles. The van der Waals surface area contributed by atoms with E-state index in [1.54, 1.807) is 6.08 Å². The van der Waals surface area contributed by atoms with E-state index in [1.165, 1.54) is 56.9 Å². The number of nitrogens with two attached hydrogens (primary N) is 1. The van der Waals surface area contributed by atoms with E-state index in [4.69, 9.17) is 10.8 Å². The predicted molar refractivity (Wildman–Crippen MR) is 95.8 cm³/mol. The Morgan fingerprint density at radius 3 is 2.32 bits per heavy atom. The molecule has 0 heterocycles. The zero-order chi connectivity index (χ0) is 16.6. The molecule has 0 saturated heterocycles. The van der Waals surface area contributed by atoms with Crippen molar-refractivity contribution in [1.29, 1.82) is 0 Å². The van der Waals surface area contributed by atoms with Crippen LogP contribution in [0.4, 0.5) is 0 Å². The Kier molecular flexibility index (Phi) is 14.8. The van der Waals surface area contributed by atoms with E-state index >= 15 is 0 Å². The average molecular weight is 312 g/mol. The van der Waals surface area contributed by atoms with Gasteiger partial charge in [-0.2, -0.15) is 0 Å². The van der Waals surface area contributed by atoms with E-state index in [-0.39, 0.29) is 6.61 Å². The lowest BCUT2D eigenvalue weighted by atomic mass is 10.0. The van der Waals surface area contributed by atoms with Crippen LogP contribution in [0.5, 0.6) is 0 Å². The van der Waals surface area contributed by atoms with Crippen LogP contribution < -0.4 is 5.73 Å². The summed E-state index contributed by atoms with van der Waals surface area (Å²) in [6.07, 6.45) is 17.8. The lowest BCUT2D eigenvalue weighted by Gasteiger charge is -2.11. The van der Waals surface area contributed by atoms with E-state index in [2.05, 4.69) is 19.9 Å². The number of aliphatic hydroxyl groups is 2. The van der Waals surface area contributed by atoms with Gasteiger partial charge in [0.1, 0.15) is 0 Å². The molecular weight excluding hydrogens is 274 g/mol. The molecule has 0 rings (SSSR count). The number of hydrogen-bond donors (Lipinski definition) is 3. The standard InChI is InChI=1S/C19H37NO2/c1-3-4-5-6-7-8-10-13-17(2)14-11-9-12-15-19(22)18(20)16-21/h12,14-15,18-19,21-22H,3-11,13,16,20H2,1-2H3/t18-,19+/m0/s1. The highest BCUT2D eigenvalue weighted by molar-refractivity contribution is 5.00. The topological polar surface area (TPSA) is 66.5 Å². The van der Waals surface area contributed by atoms with Gasteiger partial charge in [0, 0.05) is 0 Å². The first-order valence-electron chi connectivity index (χ1n) is 8.98. The van der Waals surface area contributed by atoms with Crippen molar-refractivity contribution < 1.29 is 10.2 Å². The second-order valence-corrected chi connectivity index (χ2v) is 6.26. The van der Waals surface area contributed by atoms with E-state index in [0.29, 0.717) is 0 Å². The number of allylic oxidation sites excluding steroid dienone is 3. The van der Waals surface area contributed by atoms with Gasteiger partial charge in [0.15, 0.2) is 0 Å². The quantitative estimate of drug-likeness (QED) is 0.334. The maximum absolute atomic E-state index is 9.56. The van der Waals surface area contributed by atoms with Crippen LogP contribution in [0.25, 0.3) is 0 Å². The summed E-state index contributed by atoms with van der Waals surface area (Å²) < 4.78 is 0. The zero-order valence-electron chi connectivity index (χ0n) is 14.6. The summed E-state index contributed by atoms with van der Waals surface area (Å²) in [5.41, 5.74) is 6.99. The van der Waals surface area contributed by atoms with Crippen LogP contribution in [0, 0.1) is 0 Å². The second-order valence-electron chi connectivity index (χ2n) is 6.26. The summed E-state index contributed by atoms with van der Waals surface area (Å²) >= 11 is 0. The molecule has 0 aromatic rings. The normalized spacial score (nSPS) is 15.4. The fourth-order valence-corrected chi connectivity index (χ4v) is 2.38. The highest BCUT2D eigenvalue weighted by Gasteiger charge is 2.08. The highest BCUT2D eigenvalue weighted by Crippen LogP contribution is 2.13. The molecule has 0 aliphatic rings. The van der Waals surface area contributed by atoms with Crippen LogP contribution in [0.3, 0.4) is 0 Å². The predicted octanol–water partition coefficient (Wildman–Crippen LogP) is 4.09. The van der Waals surface area contributed by atoms with E-state index < -0.39 is 12.1 Å². The molecule has 0 bridgehead atoms. The molecular formula is C19H37NO2. The summed E-state index contributed by atoms with van der Waals surface area (Å²) in [4.78, 5) is 0. The highest BCUT2D eigenvalue weighted by atomic mass is 16.3. The SMILES string of the molecule is CCCCCCCCCC(C)=CCCC=C[C@@H](O)[C@@H](N)CO. The smallest absolute Gasteiger partial charge is 0.0894 e. The van der Waals surface area contributed by atoms with Gasteiger partial charge in [0.05, 0.1) is 18.8 Å². The van der Waals surface area contributed by atoms with E-state index in [1.807, 2.05) is 6.08 Å². The van der Waals surface area contributed by atoms with Gasteiger partial charge in [-0.3, -0.25) is 0 Å². The van der Waals surface area contributed by atoms with Crippen molar-refractivity contribution >= 4 is 0 Å². The Bertz CT molecular complexity index is 300. The van der Waals surface area contributed by atoms with Crippen LogP contribution in [-0.4, -0.2) is 29.0 Å². The van der Waals surface area contributed by atoms with Crippen LogP contribution in [0.15, 0.2) is 23.8 Å². The minimum atomic E-state index is -0.747. The minimum Gasteiger partial charge on any atom is -0.395 e. The van der Waals surface area contributed by atoms with Crippen LogP contribution in [-0.2, 0) is 0 Å². The first-order chi connectivity index (χ1) is 10.6. The summed E-state index contributed by atoms with van der Waals surface area (Å²) in [7, 11) is 0. The molecule has 2 atom stereocenters. The van der Waals surface area contributed by atoms with Crippen molar-refractivity contribution in [2.24, 2.45) is 5.73 Å². The van der Waals surface area contributed by atoms with Gasteiger partial charge in [0.2, 0.25) is 0 Å². The Labute approximate surface area is 137 Å². The summed E-state index contributed by atoms with van der Waals surface area (Å²) in [6.45, 7) is 4.27. The third kappa shape index (κ3) is 13.1. The molecule has 0 amide bonds. The molecule has 3 heteroatoms. The number of rotatable bonds is 14. The van der Waals surface area contributed by atoms with Crippen molar-refractivity contribution in [2.75, 3.05) is 6.61 Å². The molecule has 0 spiro atoms. The van der Waals surface area contributed by atoms with Gasteiger partial charge in [-0.25, -0.2) is 0 Å². The first kappa shape index (κ1) is 21.4. The molecule has 3 nitrogen and oxygen atoms in total. The lowest BCUT2D eigenvalue weighted by molar-refractivity contribution is 0.144. The summed E-state index contributed by atoms with van der Waals surface area (Å²) in [5, 5.41) is 18.4. The van der Waals surface area contributed by atoms with Crippen molar-refractivity contribution in [1.82, 2.24) is 0 Å². The first-order valence-corrected chi connectivity index (χ1v) is 8.98. The third-order valence-electron chi connectivity index (χ3n) is 3.98. The number of hydrogen-bond acceptors (Lipinski definition) is 3. The zero-order valence-corrected chi connectivity index (χ0v) is 14.6. The molecule has 130 valence electrons. The lowest BCUT2D eigenvalue weighted by Crippen LogP contribution is -2.36. The Hall–Kier alpha value is -0.640. The van der Waals surface area contributed by atoms with Crippen LogP contribution >= 0.6 is 0 Å². The number of aliphatic hydroxyl groups excluding tert-OH is 2. The van der Waals surface area contributed by atoms with Crippen molar-refractivity contribution in [3.63, 3.8) is 0 Å². The minimum absolute atomic E-state index is 0.192. The Morgan fingerprint density at radius 2 is 1.68 bits per heavy atom. The third-order valence-corrected chi connectivity index (χ3v) is 3.98. The maximum atomic E-state index is 9.56. The number of unbranched alkanes of at least 4 members (excludes halogenated alkanes) is 7. The molecule has 0 aliphatic carbocycles. The molecule has 4 N–H and O–H groups in total. The molecule has 0 unspecified atom stereocenters. The molecule has 0 fully saturated rings. The van der Waals surface area contributed by atoms with Crippen LogP contribution in [0.2, 0.25) is 0 Å². The van der Waals surface area contributed by atoms with Gasteiger partial charge < -0.3 is 15.9 Å². The van der Waals surface area contributed by atoms with Crippen molar-refractivity contribution in [2.45, 2.75) is 90.2 Å². The van der Waals surface area contributed by atoms with E-state index in [0.717, 1.165) is 12.8 Å². The van der Waals surface area contributed by atoms with Gasteiger partial charge in [-0.1, -0.05) is 69.2 Å².